The number of pyridine rings is 1. The summed E-state index contributed by atoms with van der Waals surface area (Å²) in [5, 5.41) is 9.48. The number of carbonyl (C=O) groups is 1. The first-order valence-corrected chi connectivity index (χ1v) is 5.29. The minimum Gasteiger partial charge on any atom is -0.478 e. The average Bonchev–Trinajstić information content (AvgIpc) is 2.05. The van der Waals surface area contributed by atoms with E-state index in [1.807, 2.05) is 20.8 Å². The van der Waals surface area contributed by atoms with E-state index < -0.39 is 5.97 Å². The number of nitrogen functional groups attached to an aromatic ring is 1. The summed E-state index contributed by atoms with van der Waals surface area (Å²) in [6, 6.07) is 1.43. The van der Waals surface area contributed by atoms with E-state index in [-0.39, 0.29) is 10.3 Å². The molecule has 1 rings (SSSR count). The van der Waals surface area contributed by atoms with Gasteiger partial charge in [-0.05, 0) is 6.07 Å². The van der Waals surface area contributed by atoms with Crippen molar-refractivity contribution >= 4 is 23.4 Å². The molecule has 5 heteroatoms. The summed E-state index contributed by atoms with van der Waals surface area (Å²) in [4.78, 5) is 15.0. The van der Waals surface area contributed by atoms with Crippen molar-refractivity contribution in [3.8, 4) is 0 Å². The molecule has 0 atom stereocenters. The van der Waals surface area contributed by atoms with E-state index in [1.54, 1.807) is 0 Å². The third kappa shape index (κ3) is 3.43. The Morgan fingerprint density at radius 1 is 1.53 bits per heavy atom. The molecule has 1 heterocycles. The fourth-order valence-corrected chi connectivity index (χ4v) is 1.93. The Balaban J connectivity index is 3.12. The monoisotopic (exact) mass is 226 g/mol. The Morgan fingerprint density at radius 3 is 2.60 bits per heavy atom. The lowest BCUT2D eigenvalue weighted by Gasteiger charge is -2.17. The lowest BCUT2D eigenvalue weighted by Crippen LogP contribution is -2.11. The van der Waals surface area contributed by atoms with E-state index >= 15 is 0 Å². The van der Waals surface area contributed by atoms with Crippen LogP contribution in [-0.4, -0.2) is 20.8 Å². The van der Waals surface area contributed by atoms with Gasteiger partial charge in [-0.15, -0.1) is 0 Å². The van der Waals surface area contributed by atoms with E-state index in [1.165, 1.54) is 24.0 Å². The van der Waals surface area contributed by atoms with Gasteiger partial charge in [-0.25, -0.2) is 9.78 Å². The molecule has 0 unspecified atom stereocenters. The minimum absolute atomic E-state index is 0.0761. The molecule has 0 aromatic carbocycles. The van der Waals surface area contributed by atoms with Crippen molar-refractivity contribution in [1.29, 1.82) is 0 Å². The van der Waals surface area contributed by atoms with Crippen LogP contribution >= 0.6 is 11.8 Å². The molecular formula is C10H14N2O2S. The zero-order chi connectivity index (χ0) is 11.6. The number of aromatic carboxylic acids is 1. The van der Waals surface area contributed by atoms with Gasteiger partial charge in [0, 0.05) is 4.75 Å². The first-order chi connectivity index (χ1) is 6.79. The number of carboxylic acid groups (broad SMARTS) is 1. The largest absolute Gasteiger partial charge is 0.478 e. The molecule has 0 amide bonds. The Morgan fingerprint density at radius 2 is 2.13 bits per heavy atom. The van der Waals surface area contributed by atoms with Crippen molar-refractivity contribution in [2.75, 3.05) is 5.73 Å². The van der Waals surface area contributed by atoms with Gasteiger partial charge in [-0.1, -0.05) is 32.5 Å². The summed E-state index contributed by atoms with van der Waals surface area (Å²) < 4.78 is -0.0761. The Bertz CT molecular complexity index is 385. The first-order valence-electron chi connectivity index (χ1n) is 4.47. The summed E-state index contributed by atoms with van der Waals surface area (Å²) in [5.41, 5.74) is 6.02. The van der Waals surface area contributed by atoms with Crippen LogP contribution in [0.25, 0.3) is 0 Å². The zero-order valence-corrected chi connectivity index (χ0v) is 9.76. The predicted molar refractivity (Wildman–Crippen MR) is 61.2 cm³/mol. The summed E-state index contributed by atoms with van der Waals surface area (Å²) in [6.45, 7) is 6.00. The maximum absolute atomic E-state index is 11.0. The molecule has 0 bridgehead atoms. The van der Waals surface area contributed by atoms with Crippen molar-refractivity contribution in [2.24, 2.45) is 0 Å². The lowest BCUT2D eigenvalue weighted by molar-refractivity contribution is 0.0692. The summed E-state index contributed by atoms with van der Waals surface area (Å²) in [5.74, 6) is -0.999. The molecule has 0 spiro atoms. The SMILES string of the molecule is CC(C)(C)Sc1ncc(N)cc1C(=O)O. The van der Waals surface area contributed by atoms with Gasteiger partial charge in [0.1, 0.15) is 5.03 Å². The fraction of sp³-hybridized carbons (Fsp3) is 0.400. The van der Waals surface area contributed by atoms with Crippen LogP contribution < -0.4 is 5.73 Å². The molecule has 1 aromatic heterocycles. The number of carboxylic acids is 1. The highest BCUT2D eigenvalue weighted by molar-refractivity contribution is 8.00. The molecule has 4 nitrogen and oxygen atoms in total. The summed E-state index contributed by atoms with van der Waals surface area (Å²) >= 11 is 1.42. The topological polar surface area (TPSA) is 76.2 Å². The molecule has 0 saturated heterocycles. The Labute approximate surface area is 92.9 Å². The molecule has 0 saturated carbocycles. The number of thioether (sulfide) groups is 1. The normalized spacial score (nSPS) is 11.4. The van der Waals surface area contributed by atoms with Crippen molar-refractivity contribution in [1.82, 2.24) is 4.98 Å². The van der Waals surface area contributed by atoms with Crippen molar-refractivity contribution in [3.63, 3.8) is 0 Å². The number of hydrogen-bond donors (Lipinski definition) is 2. The number of anilines is 1. The molecule has 0 aliphatic heterocycles. The van der Waals surface area contributed by atoms with Gasteiger partial charge in [0.05, 0.1) is 17.4 Å². The van der Waals surface area contributed by atoms with Crippen LogP contribution in [0.1, 0.15) is 31.1 Å². The van der Waals surface area contributed by atoms with E-state index in [4.69, 9.17) is 10.8 Å². The second-order valence-electron chi connectivity index (χ2n) is 4.14. The van der Waals surface area contributed by atoms with Crippen molar-refractivity contribution in [2.45, 2.75) is 30.5 Å². The standard InChI is InChI=1S/C10H14N2O2S/c1-10(2,3)15-8-7(9(13)14)4-6(11)5-12-8/h4-5H,11H2,1-3H3,(H,13,14). The van der Waals surface area contributed by atoms with Gasteiger partial charge in [-0.2, -0.15) is 0 Å². The smallest absolute Gasteiger partial charge is 0.338 e. The van der Waals surface area contributed by atoms with Gasteiger partial charge >= 0.3 is 5.97 Å². The molecule has 0 aliphatic rings. The summed E-state index contributed by atoms with van der Waals surface area (Å²) in [6.07, 6.45) is 1.47. The first kappa shape index (κ1) is 11.8. The van der Waals surface area contributed by atoms with Gasteiger partial charge in [0.2, 0.25) is 0 Å². The average molecular weight is 226 g/mol. The second-order valence-corrected chi connectivity index (χ2v) is 5.96. The van der Waals surface area contributed by atoms with Crippen molar-refractivity contribution < 1.29 is 9.90 Å². The number of nitrogens with zero attached hydrogens (tertiary/aromatic N) is 1. The molecule has 15 heavy (non-hydrogen) atoms. The molecule has 0 fully saturated rings. The van der Waals surface area contributed by atoms with Crippen LogP contribution in [-0.2, 0) is 0 Å². The maximum atomic E-state index is 11.0. The molecular weight excluding hydrogens is 212 g/mol. The number of hydrogen-bond acceptors (Lipinski definition) is 4. The summed E-state index contributed by atoms with van der Waals surface area (Å²) in [7, 11) is 0. The van der Waals surface area contributed by atoms with Crippen molar-refractivity contribution in [3.05, 3.63) is 17.8 Å². The van der Waals surface area contributed by atoms with Gasteiger partial charge < -0.3 is 10.8 Å². The van der Waals surface area contributed by atoms with E-state index in [0.29, 0.717) is 10.7 Å². The highest BCUT2D eigenvalue weighted by Gasteiger charge is 2.19. The Hall–Kier alpha value is -1.23. The highest BCUT2D eigenvalue weighted by Crippen LogP contribution is 2.33. The van der Waals surface area contributed by atoms with E-state index in [2.05, 4.69) is 4.98 Å². The van der Waals surface area contributed by atoms with Crippen LogP contribution in [0.15, 0.2) is 17.3 Å². The molecule has 3 N–H and O–H groups in total. The molecule has 0 aliphatic carbocycles. The van der Waals surface area contributed by atoms with Crippen LogP contribution in [0.4, 0.5) is 5.69 Å². The minimum atomic E-state index is -0.999. The highest BCUT2D eigenvalue weighted by atomic mass is 32.2. The molecule has 82 valence electrons. The van der Waals surface area contributed by atoms with Gasteiger partial charge in [0.15, 0.2) is 0 Å². The van der Waals surface area contributed by atoms with Gasteiger partial charge in [0.25, 0.3) is 0 Å². The quantitative estimate of drug-likeness (QED) is 0.756. The fourth-order valence-electron chi connectivity index (χ4n) is 0.993. The van der Waals surface area contributed by atoms with Crippen LogP contribution in [0, 0.1) is 0 Å². The van der Waals surface area contributed by atoms with Crippen LogP contribution in [0.5, 0.6) is 0 Å². The number of rotatable bonds is 2. The lowest BCUT2D eigenvalue weighted by atomic mass is 10.2. The predicted octanol–water partition coefficient (Wildman–Crippen LogP) is 2.25. The van der Waals surface area contributed by atoms with Crippen LogP contribution in [0.3, 0.4) is 0 Å². The maximum Gasteiger partial charge on any atom is 0.338 e. The number of nitrogens with two attached hydrogens (primary N) is 1. The third-order valence-corrected chi connectivity index (χ3v) is 2.64. The molecule has 0 radical (unpaired) electrons. The second kappa shape index (κ2) is 4.10. The Kier molecular flexibility index (Phi) is 3.24. The number of aromatic nitrogens is 1. The van der Waals surface area contributed by atoms with Gasteiger partial charge in [-0.3, -0.25) is 0 Å². The molecule has 1 aromatic rings. The zero-order valence-electron chi connectivity index (χ0n) is 8.94. The van der Waals surface area contributed by atoms with Crippen LogP contribution in [0.2, 0.25) is 0 Å². The van der Waals surface area contributed by atoms with E-state index in [0.717, 1.165) is 0 Å². The van der Waals surface area contributed by atoms with E-state index in [9.17, 15) is 4.79 Å². The third-order valence-electron chi connectivity index (χ3n) is 1.51.